The first-order valence-corrected chi connectivity index (χ1v) is 4.53. The standard InChI is InChI=1S/C9H10BrNO2/c1-13-9(12)5-6-4-7(10)2-3-8(6)11/h2-4H,5,11H2,1H3. The summed E-state index contributed by atoms with van der Waals surface area (Å²) in [5, 5.41) is 0. The van der Waals surface area contributed by atoms with Gasteiger partial charge in [0.25, 0.3) is 0 Å². The van der Waals surface area contributed by atoms with Crippen molar-refractivity contribution in [2.75, 3.05) is 12.8 Å². The third-order valence-corrected chi connectivity index (χ3v) is 2.16. The molecule has 4 heteroatoms. The molecular weight excluding hydrogens is 234 g/mol. The number of carbonyl (C=O) groups excluding carboxylic acids is 1. The highest BCUT2D eigenvalue weighted by atomic mass is 79.9. The lowest BCUT2D eigenvalue weighted by Crippen LogP contribution is -2.06. The fourth-order valence-corrected chi connectivity index (χ4v) is 1.36. The van der Waals surface area contributed by atoms with Gasteiger partial charge in [-0.05, 0) is 23.8 Å². The maximum absolute atomic E-state index is 11.0. The molecule has 70 valence electrons. The number of halogens is 1. The van der Waals surface area contributed by atoms with E-state index in [0.717, 1.165) is 10.0 Å². The molecule has 0 amide bonds. The molecule has 0 saturated carbocycles. The third kappa shape index (κ3) is 2.73. The van der Waals surface area contributed by atoms with E-state index in [1.54, 1.807) is 6.07 Å². The van der Waals surface area contributed by atoms with Crippen molar-refractivity contribution in [2.24, 2.45) is 0 Å². The van der Waals surface area contributed by atoms with E-state index in [-0.39, 0.29) is 12.4 Å². The summed E-state index contributed by atoms with van der Waals surface area (Å²) in [5.41, 5.74) is 7.05. The molecule has 0 aliphatic rings. The van der Waals surface area contributed by atoms with Gasteiger partial charge in [-0.2, -0.15) is 0 Å². The van der Waals surface area contributed by atoms with Crippen molar-refractivity contribution in [1.82, 2.24) is 0 Å². The number of nitrogens with two attached hydrogens (primary N) is 1. The van der Waals surface area contributed by atoms with E-state index in [2.05, 4.69) is 20.7 Å². The highest BCUT2D eigenvalue weighted by Gasteiger charge is 2.06. The molecule has 0 saturated heterocycles. The Hall–Kier alpha value is -1.03. The fourth-order valence-electron chi connectivity index (χ4n) is 0.955. The summed E-state index contributed by atoms with van der Waals surface area (Å²) >= 11 is 3.30. The van der Waals surface area contributed by atoms with E-state index in [1.807, 2.05) is 12.1 Å². The van der Waals surface area contributed by atoms with Gasteiger partial charge in [-0.1, -0.05) is 15.9 Å². The fraction of sp³-hybridized carbons (Fsp3) is 0.222. The summed E-state index contributed by atoms with van der Waals surface area (Å²) in [6, 6.07) is 5.39. The Kier molecular flexibility index (Phi) is 3.31. The minimum atomic E-state index is -0.287. The molecule has 1 aromatic carbocycles. The summed E-state index contributed by atoms with van der Waals surface area (Å²) in [7, 11) is 1.36. The Balaban J connectivity index is 2.87. The van der Waals surface area contributed by atoms with Crippen molar-refractivity contribution in [1.29, 1.82) is 0 Å². The number of rotatable bonds is 2. The lowest BCUT2D eigenvalue weighted by atomic mass is 10.1. The molecule has 1 aromatic rings. The van der Waals surface area contributed by atoms with Crippen LogP contribution in [0.4, 0.5) is 5.69 Å². The zero-order valence-corrected chi connectivity index (χ0v) is 8.80. The van der Waals surface area contributed by atoms with Crippen molar-refractivity contribution < 1.29 is 9.53 Å². The zero-order valence-electron chi connectivity index (χ0n) is 7.21. The molecule has 13 heavy (non-hydrogen) atoms. The van der Waals surface area contributed by atoms with Crippen LogP contribution in [0.15, 0.2) is 22.7 Å². The van der Waals surface area contributed by atoms with E-state index in [4.69, 9.17) is 5.73 Å². The largest absolute Gasteiger partial charge is 0.469 e. The predicted octanol–water partition coefficient (Wildman–Crippen LogP) is 1.75. The summed E-state index contributed by atoms with van der Waals surface area (Å²) in [4.78, 5) is 11.0. The summed E-state index contributed by atoms with van der Waals surface area (Å²) < 4.78 is 5.44. The molecule has 0 aliphatic heterocycles. The Labute approximate surface area is 85.0 Å². The van der Waals surface area contributed by atoms with Gasteiger partial charge in [0, 0.05) is 10.2 Å². The number of methoxy groups -OCH3 is 1. The average molecular weight is 244 g/mol. The van der Waals surface area contributed by atoms with Gasteiger partial charge < -0.3 is 10.5 Å². The maximum atomic E-state index is 11.0. The van der Waals surface area contributed by atoms with E-state index >= 15 is 0 Å². The molecular formula is C9H10BrNO2. The van der Waals surface area contributed by atoms with E-state index in [1.165, 1.54) is 7.11 Å². The van der Waals surface area contributed by atoms with Crippen molar-refractivity contribution >= 4 is 27.6 Å². The predicted molar refractivity (Wildman–Crippen MR) is 54.3 cm³/mol. The molecule has 2 N–H and O–H groups in total. The normalized spacial score (nSPS) is 9.69. The smallest absolute Gasteiger partial charge is 0.310 e. The Bertz CT molecular complexity index is 325. The van der Waals surface area contributed by atoms with E-state index < -0.39 is 0 Å². The van der Waals surface area contributed by atoms with Crippen molar-refractivity contribution in [3.63, 3.8) is 0 Å². The van der Waals surface area contributed by atoms with Gasteiger partial charge in [-0.3, -0.25) is 4.79 Å². The Morgan fingerprint density at radius 3 is 2.92 bits per heavy atom. The van der Waals surface area contributed by atoms with Crippen LogP contribution in [0.2, 0.25) is 0 Å². The Morgan fingerprint density at radius 1 is 1.62 bits per heavy atom. The van der Waals surface area contributed by atoms with Crippen LogP contribution in [0, 0.1) is 0 Å². The number of nitrogen functional groups attached to an aromatic ring is 1. The van der Waals surface area contributed by atoms with Gasteiger partial charge in [-0.15, -0.1) is 0 Å². The van der Waals surface area contributed by atoms with Crippen LogP contribution < -0.4 is 5.73 Å². The SMILES string of the molecule is COC(=O)Cc1cc(Br)ccc1N. The van der Waals surface area contributed by atoms with Crippen molar-refractivity contribution in [2.45, 2.75) is 6.42 Å². The third-order valence-electron chi connectivity index (χ3n) is 1.67. The van der Waals surface area contributed by atoms with Crippen LogP contribution in [0.5, 0.6) is 0 Å². The van der Waals surface area contributed by atoms with Crippen LogP contribution >= 0.6 is 15.9 Å². The second-order valence-electron chi connectivity index (χ2n) is 2.60. The number of benzene rings is 1. The number of ether oxygens (including phenoxy) is 1. The van der Waals surface area contributed by atoms with Gasteiger partial charge in [0.15, 0.2) is 0 Å². The first-order chi connectivity index (χ1) is 6.13. The second-order valence-corrected chi connectivity index (χ2v) is 3.51. The highest BCUT2D eigenvalue weighted by Crippen LogP contribution is 2.18. The van der Waals surface area contributed by atoms with Crippen molar-refractivity contribution in [3.05, 3.63) is 28.2 Å². The summed E-state index contributed by atoms with van der Waals surface area (Å²) in [6.45, 7) is 0. The molecule has 0 atom stereocenters. The minimum Gasteiger partial charge on any atom is -0.469 e. The van der Waals surface area contributed by atoms with Gasteiger partial charge in [-0.25, -0.2) is 0 Å². The lowest BCUT2D eigenvalue weighted by Gasteiger charge is -2.04. The molecule has 3 nitrogen and oxygen atoms in total. The van der Waals surface area contributed by atoms with Gasteiger partial charge in [0.2, 0.25) is 0 Å². The molecule has 0 aliphatic carbocycles. The average Bonchev–Trinajstić information content (AvgIpc) is 2.11. The molecule has 0 unspecified atom stereocenters. The summed E-state index contributed by atoms with van der Waals surface area (Å²) in [6.07, 6.45) is 0.210. The highest BCUT2D eigenvalue weighted by molar-refractivity contribution is 9.10. The van der Waals surface area contributed by atoms with Crippen LogP contribution in [0.3, 0.4) is 0 Å². The Morgan fingerprint density at radius 2 is 2.31 bits per heavy atom. The van der Waals surface area contributed by atoms with Gasteiger partial charge in [0.1, 0.15) is 0 Å². The second kappa shape index (κ2) is 4.28. The van der Waals surface area contributed by atoms with Crippen molar-refractivity contribution in [3.8, 4) is 0 Å². The first kappa shape index (κ1) is 10.1. The van der Waals surface area contributed by atoms with Gasteiger partial charge >= 0.3 is 5.97 Å². The molecule has 0 spiro atoms. The first-order valence-electron chi connectivity index (χ1n) is 3.74. The molecule has 0 aromatic heterocycles. The molecule has 0 heterocycles. The number of anilines is 1. The van der Waals surface area contributed by atoms with E-state index in [9.17, 15) is 4.79 Å². The number of carbonyl (C=O) groups is 1. The molecule has 0 radical (unpaired) electrons. The number of esters is 1. The molecule has 0 fully saturated rings. The number of hydrogen-bond acceptors (Lipinski definition) is 3. The molecule has 1 rings (SSSR count). The summed E-state index contributed by atoms with van der Waals surface area (Å²) in [5.74, 6) is -0.287. The van der Waals surface area contributed by atoms with E-state index in [0.29, 0.717) is 5.69 Å². The maximum Gasteiger partial charge on any atom is 0.310 e. The monoisotopic (exact) mass is 243 g/mol. The minimum absolute atomic E-state index is 0.210. The van der Waals surface area contributed by atoms with Gasteiger partial charge in [0.05, 0.1) is 13.5 Å². The lowest BCUT2D eigenvalue weighted by molar-refractivity contribution is -0.139. The number of hydrogen-bond donors (Lipinski definition) is 1. The topological polar surface area (TPSA) is 52.3 Å². The van der Waals surface area contributed by atoms with Crippen LogP contribution in [-0.4, -0.2) is 13.1 Å². The molecule has 0 bridgehead atoms. The van der Waals surface area contributed by atoms with Crippen LogP contribution in [-0.2, 0) is 16.0 Å². The quantitative estimate of drug-likeness (QED) is 0.636. The van der Waals surface area contributed by atoms with Crippen LogP contribution in [0.1, 0.15) is 5.56 Å². The zero-order chi connectivity index (χ0) is 9.84. The van der Waals surface area contributed by atoms with Crippen LogP contribution in [0.25, 0.3) is 0 Å².